The Kier molecular flexibility index (Phi) is 11.7. The molecule has 0 radical (unpaired) electrons. The summed E-state index contributed by atoms with van der Waals surface area (Å²) in [4.78, 5) is 4.97. The molecule has 0 heterocycles. The van der Waals surface area contributed by atoms with Gasteiger partial charge in [-0.3, -0.25) is 0 Å². The van der Waals surface area contributed by atoms with Crippen molar-refractivity contribution >= 4 is 34.1 Å². The quantitative estimate of drug-likeness (QED) is 0.164. The Balaban J connectivity index is 0.997. The summed E-state index contributed by atoms with van der Waals surface area (Å²) in [5.41, 5.74) is 31.9. The fourth-order valence-corrected chi connectivity index (χ4v) is 15.4. The monoisotopic (exact) mass is 1110 g/mol. The van der Waals surface area contributed by atoms with Crippen LogP contribution in [0.25, 0.3) is 44.5 Å². The molecule has 0 bridgehead atoms. The molecule has 0 saturated heterocycles. The van der Waals surface area contributed by atoms with E-state index in [2.05, 4.69) is 336 Å². The highest BCUT2D eigenvalue weighted by atomic mass is 15.1. The molecular formula is C84H76N2. The smallest absolute Gasteiger partial charge is 0.0726 e. The van der Waals surface area contributed by atoms with Gasteiger partial charge in [0.25, 0.3) is 0 Å². The Morgan fingerprint density at radius 3 is 0.651 bits per heavy atom. The Labute approximate surface area is 510 Å². The van der Waals surface area contributed by atoms with Gasteiger partial charge >= 0.3 is 0 Å². The molecule has 0 N–H and O–H groups in total. The minimum Gasteiger partial charge on any atom is -0.310 e. The molecule has 0 aliphatic heterocycles. The first-order valence-electron chi connectivity index (χ1n) is 31.1. The minimum atomic E-state index is -0.614. The highest BCUT2D eigenvalue weighted by molar-refractivity contribution is 6.02. The van der Waals surface area contributed by atoms with E-state index in [0.29, 0.717) is 0 Å². The first-order valence-corrected chi connectivity index (χ1v) is 31.1. The third-order valence-electron chi connectivity index (χ3n) is 19.7. The summed E-state index contributed by atoms with van der Waals surface area (Å²) < 4.78 is 0. The lowest BCUT2D eigenvalue weighted by Gasteiger charge is -2.33. The van der Waals surface area contributed by atoms with Crippen LogP contribution in [-0.2, 0) is 32.5 Å². The second-order valence-electron chi connectivity index (χ2n) is 28.9. The molecule has 2 spiro atoms. The number of rotatable bonds is 6. The molecule has 4 aliphatic rings. The average Bonchev–Trinajstić information content (AvgIpc) is 1.50. The number of hydrogen-bond donors (Lipinski definition) is 0. The van der Waals surface area contributed by atoms with Gasteiger partial charge in [-0.1, -0.05) is 241 Å². The Bertz CT molecular complexity index is 4030. The van der Waals surface area contributed by atoms with E-state index in [1.165, 1.54) is 111 Å². The third-order valence-corrected chi connectivity index (χ3v) is 19.7. The van der Waals surface area contributed by atoms with Crippen molar-refractivity contribution in [1.82, 2.24) is 0 Å². The van der Waals surface area contributed by atoms with Gasteiger partial charge < -0.3 is 9.80 Å². The summed E-state index contributed by atoms with van der Waals surface area (Å²) in [5.74, 6) is 0. The lowest BCUT2D eigenvalue weighted by Crippen LogP contribution is -2.27. The van der Waals surface area contributed by atoms with E-state index in [9.17, 15) is 0 Å². The average molecular weight is 1110 g/mol. The van der Waals surface area contributed by atoms with Crippen molar-refractivity contribution in [3.05, 3.63) is 309 Å². The summed E-state index contributed by atoms with van der Waals surface area (Å²) in [5, 5.41) is 0. The number of anilines is 6. The zero-order valence-corrected chi connectivity index (χ0v) is 52.0. The van der Waals surface area contributed by atoms with Crippen LogP contribution in [0.5, 0.6) is 0 Å². The maximum atomic E-state index is 2.66. The van der Waals surface area contributed by atoms with Crippen LogP contribution in [0.2, 0.25) is 0 Å². The zero-order valence-electron chi connectivity index (χ0n) is 52.0. The largest absolute Gasteiger partial charge is 0.310 e. The Morgan fingerprint density at radius 1 is 0.198 bits per heavy atom. The molecule has 11 aromatic rings. The third kappa shape index (κ3) is 7.84. The van der Waals surface area contributed by atoms with Gasteiger partial charge in [0.05, 0.1) is 10.8 Å². The fourth-order valence-electron chi connectivity index (χ4n) is 15.4. The van der Waals surface area contributed by atoms with E-state index in [1.54, 1.807) is 0 Å². The number of nitrogens with zero attached hydrogens (tertiary/aromatic N) is 2. The van der Waals surface area contributed by atoms with Crippen molar-refractivity contribution in [2.75, 3.05) is 9.80 Å². The predicted octanol–water partition coefficient (Wildman–Crippen LogP) is 22.5. The van der Waals surface area contributed by atoms with Crippen LogP contribution < -0.4 is 9.80 Å². The molecule has 0 fully saturated rings. The van der Waals surface area contributed by atoms with Crippen molar-refractivity contribution in [3.8, 4) is 44.5 Å². The molecule has 11 aromatic carbocycles. The van der Waals surface area contributed by atoms with E-state index in [1.807, 2.05) is 0 Å². The van der Waals surface area contributed by atoms with Gasteiger partial charge in [0.15, 0.2) is 0 Å². The Morgan fingerprint density at radius 2 is 0.407 bits per heavy atom. The first-order chi connectivity index (χ1) is 41.2. The molecular weight excluding hydrogens is 1040 g/mol. The molecule has 4 aliphatic carbocycles. The van der Waals surface area contributed by atoms with Crippen LogP contribution in [0.3, 0.4) is 0 Å². The van der Waals surface area contributed by atoms with Crippen molar-refractivity contribution in [2.24, 2.45) is 0 Å². The van der Waals surface area contributed by atoms with Gasteiger partial charge in [-0.05, 0) is 218 Å². The van der Waals surface area contributed by atoms with Crippen molar-refractivity contribution in [3.63, 3.8) is 0 Å². The van der Waals surface area contributed by atoms with Crippen LogP contribution in [0, 0.1) is 0 Å². The summed E-state index contributed by atoms with van der Waals surface area (Å²) >= 11 is 0. The molecule has 15 rings (SSSR count). The van der Waals surface area contributed by atoms with Gasteiger partial charge in [-0.15, -0.1) is 0 Å². The molecule has 0 saturated carbocycles. The van der Waals surface area contributed by atoms with E-state index < -0.39 is 10.8 Å². The fraction of sp³-hybridized carbons (Fsp3) is 0.214. The van der Waals surface area contributed by atoms with Crippen LogP contribution in [-0.4, -0.2) is 0 Å². The van der Waals surface area contributed by atoms with E-state index in [4.69, 9.17) is 0 Å². The van der Waals surface area contributed by atoms with Gasteiger partial charge in [-0.25, -0.2) is 0 Å². The number of benzene rings is 11. The molecule has 0 unspecified atom stereocenters. The van der Waals surface area contributed by atoms with E-state index >= 15 is 0 Å². The summed E-state index contributed by atoms with van der Waals surface area (Å²) in [7, 11) is 0. The van der Waals surface area contributed by atoms with E-state index in [0.717, 1.165) is 34.1 Å². The zero-order chi connectivity index (χ0) is 59.5. The van der Waals surface area contributed by atoms with Crippen LogP contribution >= 0.6 is 0 Å². The molecule has 0 aromatic heterocycles. The maximum absolute atomic E-state index is 2.66. The molecule has 86 heavy (non-hydrogen) atoms. The lowest BCUT2D eigenvalue weighted by atomic mass is 9.68. The Hall–Kier alpha value is -8.98. The van der Waals surface area contributed by atoms with Gasteiger partial charge in [0.1, 0.15) is 0 Å². The minimum absolute atomic E-state index is 0.0230. The molecule has 0 amide bonds. The van der Waals surface area contributed by atoms with Gasteiger partial charge in [-0.2, -0.15) is 0 Å². The molecule has 2 heteroatoms. The van der Waals surface area contributed by atoms with Crippen LogP contribution in [0.4, 0.5) is 34.1 Å². The maximum Gasteiger partial charge on any atom is 0.0726 e. The second-order valence-corrected chi connectivity index (χ2v) is 28.9. The number of fused-ring (bicyclic) bond motifs is 20. The molecule has 2 nitrogen and oxygen atoms in total. The normalized spacial score (nSPS) is 14.5. The summed E-state index contributed by atoms with van der Waals surface area (Å²) in [6.45, 7) is 27.6. The van der Waals surface area contributed by atoms with Crippen molar-refractivity contribution in [2.45, 2.75) is 116 Å². The van der Waals surface area contributed by atoms with E-state index in [-0.39, 0.29) is 21.7 Å². The van der Waals surface area contributed by atoms with Gasteiger partial charge in [0.2, 0.25) is 0 Å². The summed E-state index contributed by atoms with van der Waals surface area (Å²) in [6.07, 6.45) is 0. The predicted molar refractivity (Wildman–Crippen MR) is 363 cm³/mol. The number of hydrogen-bond acceptors (Lipinski definition) is 2. The topological polar surface area (TPSA) is 6.48 Å². The summed E-state index contributed by atoms with van der Waals surface area (Å²) in [6, 6.07) is 94.4. The molecule has 422 valence electrons. The lowest BCUT2D eigenvalue weighted by molar-refractivity contribution is 0.590. The SMILES string of the molecule is CC(C)(C)c1ccc(N(c2ccc(C(C)(C)C)cc2)c2ccc3c(c2)C2(c4ccccc4-c4ccccc42)c2cc4c(cc2-3)C2(c3ccccc3-c3ccccc32)c2cc(N(c3ccc(C(C)(C)C)cc3)c3ccc(C(C)(C)C)cc3)ccc2-4)cc1. The van der Waals surface area contributed by atoms with Crippen molar-refractivity contribution < 1.29 is 0 Å². The second kappa shape index (κ2) is 18.8. The van der Waals surface area contributed by atoms with Gasteiger partial charge in [0, 0.05) is 34.1 Å². The highest BCUT2D eigenvalue weighted by Crippen LogP contribution is 2.69. The highest BCUT2D eigenvalue weighted by Gasteiger charge is 2.56. The van der Waals surface area contributed by atoms with Crippen molar-refractivity contribution in [1.29, 1.82) is 0 Å². The van der Waals surface area contributed by atoms with Crippen LogP contribution in [0.1, 0.15) is 150 Å². The molecule has 0 atom stereocenters. The standard InChI is InChI=1S/C84H76N2/c1-79(2,3)53-29-37-57(38-30-53)85(58-39-31-54(32-40-58)80(4,5)6)61-45-47-67-69-51-78-70(52-77(69)83(75(67)49-61)71-25-17-13-21-63(71)64-22-14-18-26-72(64)83)68-48-46-62(50-76(68)84(78)73-27-19-15-23-65(73)66-24-16-20-28-74(66)84)86(59-41-33-55(34-42-59)81(7,8)9)60-43-35-56(36-44-60)82(10,11)12/h13-52H,1-12H3. The van der Waals surface area contributed by atoms with Crippen LogP contribution in [0.15, 0.2) is 243 Å². The first kappa shape index (κ1) is 53.7.